The van der Waals surface area contributed by atoms with E-state index in [0.717, 1.165) is 60.9 Å². The molecule has 0 saturated heterocycles. The number of hydrogen-bond acceptors (Lipinski definition) is 3. The minimum Gasteiger partial charge on any atom is -0.493 e. The summed E-state index contributed by atoms with van der Waals surface area (Å²) in [6, 6.07) is 14.7. The Hall–Kier alpha value is -1.61. The summed E-state index contributed by atoms with van der Waals surface area (Å²) in [7, 11) is 0. The van der Waals surface area contributed by atoms with Crippen molar-refractivity contribution in [2.75, 3.05) is 13.2 Å². The first-order valence-corrected chi connectivity index (χ1v) is 9.69. The van der Waals surface area contributed by atoms with Crippen molar-refractivity contribution < 1.29 is 9.47 Å². The highest BCUT2D eigenvalue weighted by molar-refractivity contribution is 7.99. The van der Waals surface area contributed by atoms with Crippen LogP contribution in [0.3, 0.4) is 0 Å². The van der Waals surface area contributed by atoms with E-state index in [1.807, 2.05) is 6.07 Å². The molecule has 2 aromatic carbocycles. The van der Waals surface area contributed by atoms with Gasteiger partial charge in [-0.2, -0.15) is 0 Å². The van der Waals surface area contributed by atoms with Crippen LogP contribution in [0.1, 0.15) is 45.1 Å². The van der Waals surface area contributed by atoms with Crippen LogP contribution in [0.5, 0.6) is 11.5 Å². The third-order valence-electron chi connectivity index (χ3n) is 3.72. The normalized spacial score (nSPS) is 10.6. The van der Waals surface area contributed by atoms with Gasteiger partial charge in [0.25, 0.3) is 0 Å². The van der Waals surface area contributed by atoms with Crippen LogP contribution in [-0.2, 0) is 0 Å². The van der Waals surface area contributed by atoms with Gasteiger partial charge in [-0.05, 0) is 49.6 Å². The van der Waals surface area contributed by atoms with Crippen LogP contribution >= 0.6 is 11.8 Å². The molecule has 0 amide bonds. The largest absolute Gasteiger partial charge is 0.493 e. The maximum atomic E-state index is 6.03. The fourth-order valence-electron chi connectivity index (χ4n) is 2.26. The average Bonchev–Trinajstić information content (AvgIpc) is 2.59. The van der Waals surface area contributed by atoms with Gasteiger partial charge < -0.3 is 9.47 Å². The molecule has 0 aromatic heterocycles. The molecular weight excluding hydrogens is 316 g/mol. The maximum absolute atomic E-state index is 6.03. The maximum Gasteiger partial charge on any atom is 0.133 e. The zero-order valence-corrected chi connectivity index (χ0v) is 15.8. The van der Waals surface area contributed by atoms with Crippen molar-refractivity contribution in [3.63, 3.8) is 0 Å². The highest BCUT2D eigenvalue weighted by Crippen LogP contribution is 2.39. The van der Waals surface area contributed by atoms with Crippen LogP contribution in [0.25, 0.3) is 0 Å². The van der Waals surface area contributed by atoms with Crippen molar-refractivity contribution in [2.45, 2.75) is 56.2 Å². The molecule has 0 atom stereocenters. The van der Waals surface area contributed by atoms with E-state index < -0.39 is 0 Å². The molecule has 24 heavy (non-hydrogen) atoms. The predicted octanol–water partition coefficient (Wildman–Crippen LogP) is 6.50. The summed E-state index contributed by atoms with van der Waals surface area (Å²) in [6.45, 7) is 7.97. The molecule has 0 unspecified atom stereocenters. The first kappa shape index (κ1) is 18.7. The molecule has 0 bridgehead atoms. The van der Waals surface area contributed by atoms with Crippen LogP contribution in [0, 0.1) is 6.92 Å². The smallest absolute Gasteiger partial charge is 0.133 e. The molecule has 0 heterocycles. The second kappa shape index (κ2) is 10.3. The van der Waals surface area contributed by atoms with Crippen molar-refractivity contribution in [2.24, 2.45) is 0 Å². The van der Waals surface area contributed by atoms with Crippen LogP contribution in [0.15, 0.2) is 52.3 Å². The summed E-state index contributed by atoms with van der Waals surface area (Å²) in [4.78, 5) is 2.33. The predicted molar refractivity (Wildman–Crippen MR) is 103 cm³/mol. The van der Waals surface area contributed by atoms with Gasteiger partial charge in [0.15, 0.2) is 0 Å². The molecule has 130 valence electrons. The SMILES string of the molecule is CCCCOc1cc(Sc2ccccc2)c(OCCCC)cc1C. The van der Waals surface area contributed by atoms with Gasteiger partial charge in [-0.15, -0.1) is 0 Å². The minimum absolute atomic E-state index is 0.758. The summed E-state index contributed by atoms with van der Waals surface area (Å²) >= 11 is 1.73. The second-order valence-electron chi connectivity index (χ2n) is 5.88. The van der Waals surface area contributed by atoms with Gasteiger partial charge in [0, 0.05) is 4.90 Å². The Balaban J connectivity index is 2.22. The molecule has 0 N–H and O–H groups in total. The molecule has 0 saturated carbocycles. The van der Waals surface area contributed by atoms with Crippen LogP contribution in [-0.4, -0.2) is 13.2 Å². The fraction of sp³-hybridized carbons (Fsp3) is 0.429. The first-order chi connectivity index (χ1) is 11.7. The van der Waals surface area contributed by atoms with Gasteiger partial charge in [0.05, 0.1) is 18.1 Å². The van der Waals surface area contributed by atoms with E-state index in [9.17, 15) is 0 Å². The van der Waals surface area contributed by atoms with Gasteiger partial charge in [-0.3, -0.25) is 0 Å². The Morgan fingerprint density at radius 2 is 1.46 bits per heavy atom. The lowest BCUT2D eigenvalue weighted by Crippen LogP contribution is -2.02. The number of aryl methyl sites for hydroxylation is 1. The average molecular weight is 345 g/mol. The highest BCUT2D eigenvalue weighted by Gasteiger charge is 2.11. The van der Waals surface area contributed by atoms with Crippen molar-refractivity contribution in [3.8, 4) is 11.5 Å². The van der Waals surface area contributed by atoms with Crippen molar-refractivity contribution in [1.82, 2.24) is 0 Å². The number of hydrogen-bond donors (Lipinski definition) is 0. The molecule has 0 radical (unpaired) electrons. The Morgan fingerprint density at radius 3 is 2.08 bits per heavy atom. The quantitative estimate of drug-likeness (QED) is 0.458. The van der Waals surface area contributed by atoms with E-state index in [4.69, 9.17) is 9.47 Å². The van der Waals surface area contributed by atoms with E-state index in [-0.39, 0.29) is 0 Å². The standard InChI is InChI=1S/C21H28O2S/c1-4-6-13-22-19-16-21(24-18-11-9-8-10-12-18)20(15-17(19)3)23-14-7-5-2/h8-12,15-16H,4-7,13-14H2,1-3H3. The fourth-order valence-corrected chi connectivity index (χ4v) is 3.19. The van der Waals surface area contributed by atoms with Crippen molar-refractivity contribution >= 4 is 11.8 Å². The highest BCUT2D eigenvalue weighted by atomic mass is 32.2. The van der Waals surface area contributed by atoms with Gasteiger partial charge in [0.1, 0.15) is 11.5 Å². The molecule has 2 nitrogen and oxygen atoms in total. The molecule has 0 fully saturated rings. The lowest BCUT2D eigenvalue weighted by molar-refractivity contribution is 0.293. The topological polar surface area (TPSA) is 18.5 Å². The third kappa shape index (κ3) is 5.79. The Labute approximate surface area is 150 Å². The lowest BCUT2D eigenvalue weighted by Gasteiger charge is -2.16. The Kier molecular flexibility index (Phi) is 8.03. The second-order valence-corrected chi connectivity index (χ2v) is 7.00. The zero-order chi connectivity index (χ0) is 17.2. The van der Waals surface area contributed by atoms with Gasteiger partial charge in [0.2, 0.25) is 0 Å². The van der Waals surface area contributed by atoms with Gasteiger partial charge in [-0.1, -0.05) is 56.7 Å². The minimum atomic E-state index is 0.758. The molecule has 0 spiro atoms. The molecule has 2 aromatic rings. The third-order valence-corrected chi connectivity index (χ3v) is 4.77. The van der Waals surface area contributed by atoms with Gasteiger partial charge in [-0.25, -0.2) is 0 Å². The van der Waals surface area contributed by atoms with E-state index in [1.165, 1.54) is 4.90 Å². The molecule has 0 aliphatic rings. The number of rotatable bonds is 10. The lowest BCUT2D eigenvalue weighted by atomic mass is 10.2. The summed E-state index contributed by atoms with van der Waals surface area (Å²) in [5.74, 6) is 1.92. The zero-order valence-electron chi connectivity index (χ0n) is 15.0. The monoisotopic (exact) mass is 344 g/mol. The molecule has 0 aliphatic carbocycles. The van der Waals surface area contributed by atoms with Crippen LogP contribution in [0.4, 0.5) is 0 Å². The molecule has 0 aliphatic heterocycles. The number of unbranched alkanes of at least 4 members (excludes halogenated alkanes) is 2. The summed E-state index contributed by atoms with van der Waals surface area (Å²) in [5, 5.41) is 0. The van der Waals surface area contributed by atoms with E-state index >= 15 is 0 Å². The number of ether oxygens (including phenoxy) is 2. The van der Waals surface area contributed by atoms with Crippen molar-refractivity contribution in [1.29, 1.82) is 0 Å². The van der Waals surface area contributed by atoms with Crippen molar-refractivity contribution in [3.05, 3.63) is 48.0 Å². The number of benzene rings is 2. The summed E-state index contributed by atoms with van der Waals surface area (Å²) in [5.41, 5.74) is 1.13. The summed E-state index contributed by atoms with van der Waals surface area (Å²) < 4.78 is 12.0. The van der Waals surface area contributed by atoms with Crippen LogP contribution < -0.4 is 9.47 Å². The van der Waals surface area contributed by atoms with Gasteiger partial charge >= 0.3 is 0 Å². The Bertz CT molecular complexity index is 611. The van der Waals surface area contributed by atoms with E-state index in [0.29, 0.717) is 0 Å². The van der Waals surface area contributed by atoms with E-state index in [1.54, 1.807) is 11.8 Å². The summed E-state index contributed by atoms with van der Waals surface area (Å²) in [6.07, 6.45) is 4.43. The molecular formula is C21H28O2S. The molecule has 2 rings (SSSR count). The van der Waals surface area contributed by atoms with E-state index in [2.05, 4.69) is 57.2 Å². The Morgan fingerprint density at radius 1 is 0.833 bits per heavy atom. The van der Waals surface area contributed by atoms with Crippen LogP contribution in [0.2, 0.25) is 0 Å². The first-order valence-electron chi connectivity index (χ1n) is 8.87. The molecule has 3 heteroatoms.